The quantitative estimate of drug-likeness (QED) is 0.909. The summed E-state index contributed by atoms with van der Waals surface area (Å²) in [7, 11) is 0. The third-order valence-electron chi connectivity index (χ3n) is 2.90. The molecule has 1 aliphatic rings. The number of thiophene rings is 1. The van der Waals surface area contributed by atoms with E-state index in [2.05, 4.69) is 22.4 Å². The van der Waals surface area contributed by atoms with E-state index in [9.17, 15) is 4.79 Å². The Labute approximate surface area is 105 Å². The molecule has 90 valence electrons. The second kappa shape index (κ2) is 6.23. The molecule has 0 bridgehead atoms. The smallest absolute Gasteiger partial charge is 0.306 e. The molecule has 0 saturated carbocycles. The Morgan fingerprint density at radius 3 is 2.69 bits per heavy atom. The molecule has 0 aromatic carbocycles. The molecule has 1 aromatic heterocycles. The minimum absolute atomic E-state index is 0. The molecule has 0 unspecified atom stereocenters. The van der Waals surface area contributed by atoms with E-state index in [-0.39, 0.29) is 18.3 Å². The zero-order valence-corrected chi connectivity index (χ0v) is 10.6. The van der Waals surface area contributed by atoms with Gasteiger partial charge in [0, 0.05) is 11.4 Å². The lowest BCUT2D eigenvalue weighted by atomic mass is 9.97. The van der Waals surface area contributed by atoms with E-state index in [0.29, 0.717) is 0 Å². The molecule has 1 saturated heterocycles. The Balaban J connectivity index is 0.00000128. The number of hydrogen-bond donors (Lipinski definition) is 1. The summed E-state index contributed by atoms with van der Waals surface area (Å²) in [5.41, 5.74) is 0. The topological polar surface area (TPSA) is 40.5 Å². The highest BCUT2D eigenvalue weighted by molar-refractivity contribution is 7.09. The third kappa shape index (κ3) is 3.47. The Morgan fingerprint density at radius 2 is 2.19 bits per heavy atom. The van der Waals surface area contributed by atoms with Crippen LogP contribution in [0.3, 0.4) is 0 Å². The summed E-state index contributed by atoms with van der Waals surface area (Å²) >= 11 is 1.77. The van der Waals surface area contributed by atoms with Crippen LogP contribution >= 0.6 is 23.7 Å². The first-order chi connectivity index (χ1) is 7.25. The van der Waals surface area contributed by atoms with Gasteiger partial charge >= 0.3 is 5.97 Å². The van der Waals surface area contributed by atoms with E-state index in [1.54, 1.807) is 11.3 Å². The lowest BCUT2D eigenvalue weighted by Crippen LogP contribution is -2.35. The van der Waals surface area contributed by atoms with E-state index in [0.717, 1.165) is 32.5 Å². The Bertz CT molecular complexity index is 321. The first-order valence-corrected chi connectivity index (χ1v) is 6.11. The van der Waals surface area contributed by atoms with Crippen LogP contribution in [-0.4, -0.2) is 29.1 Å². The first-order valence-electron chi connectivity index (χ1n) is 5.23. The number of rotatable bonds is 3. The number of carboxylic acids is 1. The minimum atomic E-state index is -0.634. The largest absolute Gasteiger partial charge is 0.481 e. The van der Waals surface area contributed by atoms with Crippen molar-refractivity contribution in [1.82, 2.24) is 4.90 Å². The van der Waals surface area contributed by atoms with Crippen LogP contribution in [0.5, 0.6) is 0 Å². The number of nitrogens with zero attached hydrogens (tertiary/aromatic N) is 1. The molecule has 2 heterocycles. The van der Waals surface area contributed by atoms with Crippen molar-refractivity contribution < 1.29 is 9.90 Å². The average Bonchev–Trinajstić information content (AvgIpc) is 2.71. The summed E-state index contributed by atoms with van der Waals surface area (Å²) in [6.45, 7) is 2.80. The molecule has 1 fully saturated rings. The summed E-state index contributed by atoms with van der Waals surface area (Å²) in [6, 6.07) is 4.19. The summed E-state index contributed by atoms with van der Waals surface area (Å²) in [6.07, 6.45) is 1.58. The highest BCUT2D eigenvalue weighted by atomic mass is 35.5. The fraction of sp³-hybridized carbons (Fsp3) is 0.545. The molecule has 0 aliphatic carbocycles. The molecule has 0 atom stereocenters. The maximum absolute atomic E-state index is 10.8. The number of piperidine rings is 1. The number of carboxylic acid groups (broad SMARTS) is 1. The molecule has 16 heavy (non-hydrogen) atoms. The van der Waals surface area contributed by atoms with E-state index in [1.165, 1.54) is 4.88 Å². The molecule has 3 nitrogen and oxygen atoms in total. The molecule has 1 N–H and O–H groups in total. The standard InChI is InChI=1S/C11H15NO2S.ClH/c13-11(14)9-3-5-12(6-4-9)8-10-2-1-7-15-10;/h1-2,7,9H,3-6,8H2,(H,13,14);1H. The normalized spacial score (nSPS) is 18.0. The van der Waals surface area contributed by atoms with Gasteiger partial charge in [0.25, 0.3) is 0 Å². The summed E-state index contributed by atoms with van der Waals surface area (Å²) in [5, 5.41) is 10.9. The lowest BCUT2D eigenvalue weighted by Gasteiger charge is -2.29. The second-order valence-electron chi connectivity index (χ2n) is 3.97. The van der Waals surface area contributed by atoms with Gasteiger partial charge in [-0.2, -0.15) is 0 Å². The third-order valence-corrected chi connectivity index (χ3v) is 3.76. The van der Waals surface area contributed by atoms with Gasteiger partial charge in [-0.3, -0.25) is 9.69 Å². The van der Waals surface area contributed by atoms with Crippen molar-refractivity contribution in [2.24, 2.45) is 5.92 Å². The number of carbonyl (C=O) groups is 1. The zero-order chi connectivity index (χ0) is 10.7. The maximum Gasteiger partial charge on any atom is 0.306 e. The van der Waals surface area contributed by atoms with E-state index in [1.807, 2.05) is 0 Å². The van der Waals surface area contributed by atoms with Gasteiger partial charge in [-0.25, -0.2) is 0 Å². The summed E-state index contributed by atoms with van der Waals surface area (Å²) < 4.78 is 0. The van der Waals surface area contributed by atoms with Crippen LogP contribution in [0.25, 0.3) is 0 Å². The molecule has 1 aliphatic heterocycles. The fourth-order valence-electron chi connectivity index (χ4n) is 1.96. The van der Waals surface area contributed by atoms with Crippen molar-refractivity contribution >= 4 is 29.7 Å². The number of aliphatic carboxylic acids is 1. The fourth-order valence-corrected chi connectivity index (χ4v) is 2.71. The van der Waals surface area contributed by atoms with Crippen LogP contribution in [-0.2, 0) is 11.3 Å². The van der Waals surface area contributed by atoms with Gasteiger partial charge < -0.3 is 5.11 Å². The maximum atomic E-state index is 10.8. The average molecular weight is 262 g/mol. The van der Waals surface area contributed by atoms with Gasteiger partial charge in [0.05, 0.1) is 5.92 Å². The highest BCUT2D eigenvalue weighted by Crippen LogP contribution is 2.20. The Kier molecular flexibility index (Phi) is 5.25. The van der Waals surface area contributed by atoms with Gasteiger partial charge in [0.15, 0.2) is 0 Å². The van der Waals surface area contributed by atoms with Crippen molar-refractivity contribution in [2.75, 3.05) is 13.1 Å². The van der Waals surface area contributed by atoms with E-state index < -0.39 is 5.97 Å². The second-order valence-corrected chi connectivity index (χ2v) is 5.00. The number of hydrogen-bond acceptors (Lipinski definition) is 3. The van der Waals surface area contributed by atoms with Gasteiger partial charge in [-0.1, -0.05) is 6.07 Å². The summed E-state index contributed by atoms with van der Waals surface area (Å²) in [5.74, 6) is -0.754. The number of likely N-dealkylation sites (tertiary alicyclic amines) is 1. The van der Waals surface area contributed by atoms with Gasteiger partial charge in [-0.15, -0.1) is 23.7 Å². The molecule has 0 radical (unpaired) electrons. The van der Waals surface area contributed by atoms with E-state index >= 15 is 0 Å². The molecule has 1 aromatic rings. The Morgan fingerprint density at radius 1 is 1.50 bits per heavy atom. The Hall–Kier alpha value is -0.580. The minimum Gasteiger partial charge on any atom is -0.481 e. The van der Waals surface area contributed by atoms with Crippen LogP contribution in [0.4, 0.5) is 0 Å². The highest BCUT2D eigenvalue weighted by Gasteiger charge is 2.24. The van der Waals surface area contributed by atoms with Crippen LogP contribution in [0.15, 0.2) is 17.5 Å². The summed E-state index contributed by atoms with van der Waals surface area (Å²) in [4.78, 5) is 14.5. The zero-order valence-electron chi connectivity index (χ0n) is 8.96. The van der Waals surface area contributed by atoms with Gasteiger partial charge in [-0.05, 0) is 37.4 Å². The molecule has 2 rings (SSSR count). The van der Waals surface area contributed by atoms with Gasteiger partial charge in [0.2, 0.25) is 0 Å². The van der Waals surface area contributed by atoms with Crippen LogP contribution < -0.4 is 0 Å². The van der Waals surface area contributed by atoms with Crippen LogP contribution in [0, 0.1) is 5.92 Å². The molecular formula is C11H16ClNO2S. The van der Waals surface area contributed by atoms with Crippen molar-refractivity contribution in [3.8, 4) is 0 Å². The first kappa shape index (κ1) is 13.5. The van der Waals surface area contributed by atoms with Crippen molar-refractivity contribution in [1.29, 1.82) is 0 Å². The lowest BCUT2D eigenvalue weighted by molar-refractivity contribution is -0.143. The van der Waals surface area contributed by atoms with Crippen LogP contribution in [0.2, 0.25) is 0 Å². The van der Waals surface area contributed by atoms with Crippen molar-refractivity contribution in [2.45, 2.75) is 19.4 Å². The molecule has 5 heteroatoms. The monoisotopic (exact) mass is 261 g/mol. The number of halogens is 1. The van der Waals surface area contributed by atoms with Crippen molar-refractivity contribution in [3.05, 3.63) is 22.4 Å². The SMILES string of the molecule is Cl.O=C(O)C1CCN(Cc2cccs2)CC1. The molecular weight excluding hydrogens is 246 g/mol. The van der Waals surface area contributed by atoms with E-state index in [4.69, 9.17) is 5.11 Å². The predicted octanol–water partition coefficient (Wildman–Crippen LogP) is 2.47. The van der Waals surface area contributed by atoms with Gasteiger partial charge in [0.1, 0.15) is 0 Å². The molecule has 0 spiro atoms. The predicted molar refractivity (Wildman–Crippen MR) is 67.2 cm³/mol. The van der Waals surface area contributed by atoms with Crippen LogP contribution in [0.1, 0.15) is 17.7 Å². The van der Waals surface area contributed by atoms with Crippen molar-refractivity contribution in [3.63, 3.8) is 0 Å². The molecule has 0 amide bonds.